The van der Waals surface area contributed by atoms with Crippen LogP contribution in [0.4, 0.5) is 0 Å². The second-order valence-electron chi connectivity index (χ2n) is 3.81. The Bertz CT molecular complexity index is 163. The van der Waals surface area contributed by atoms with Gasteiger partial charge in [-0.2, -0.15) is 0 Å². The second-order valence-corrected chi connectivity index (χ2v) is 4.19. The van der Waals surface area contributed by atoms with Gasteiger partial charge in [0.05, 0.1) is 6.10 Å². The van der Waals surface area contributed by atoms with Gasteiger partial charge in [-0.15, -0.1) is 11.6 Å². The Hall–Kier alpha value is -0.280. The van der Waals surface area contributed by atoms with E-state index < -0.39 is 0 Å². The van der Waals surface area contributed by atoms with Crippen LogP contribution in [0.1, 0.15) is 39.5 Å². The number of hydrogen-bond acceptors (Lipinski definition) is 2. The molecule has 0 spiro atoms. The molecule has 0 radical (unpaired) electrons. The highest BCUT2D eigenvalue weighted by Crippen LogP contribution is 1.99. The number of unbranched alkanes of at least 4 members (excludes halogenated alkanes) is 3. The third-order valence-electron chi connectivity index (χ3n) is 1.93. The number of nitrogens with one attached hydrogen (secondary N) is 1. The van der Waals surface area contributed by atoms with Gasteiger partial charge in [-0.3, -0.25) is 4.79 Å². The maximum absolute atomic E-state index is 11.2. The topological polar surface area (TPSA) is 38.3 Å². The maximum Gasteiger partial charge on any atom is 0.246 e. The molecule has 90 valence electrons. The molecule has 3 nitrogen and oxygen atoms in total. The lowest BCUT2D eigenvalue weighted by atomic mass is 10.2. The molecule has 0 unspecified atom stereocenters. The van der Waals surface area contributed by atoms with Crippen molar-refractivity contribution in [3.63, 3.8) is 0 Å². The number of amides is 1. The summed E-state index contributed by atoms with van der Waals surface area (Å²) in [5.41, 5.74) is 0. The van der Waals surface area contributed by atoms with E-state index in [0.29, 0.717) is 0 Å². The predicted octanol–water partition coefficient (Wildman–Crippen LogP) is 2.33. The molecule has 1 N–H and O–H groups in total. The van der Waals surface area contributed by atoms with Crippen LogP contribution in [0, 0.1) is 0 Å². The monoisotopic (exact) mass is 235 g/mol. The Labute approximate surface area is 97.5 Å². The second kappa shape index (κ2) is 10.2. The van der Waals surface area contributed by atoms with Gasteiger partial charge >= 0.3 is 0 Å². The lowest BCUT2D eigenvalue weighted by Gasteiger charge is -2.08. The van der Waals surface area contributed by atoms with Crippen LogP contribution < -0.4 is 5.32 Å². The van der Waals surface area contributed by atoms with Crippen LogP contribution in [0.2, 0.25) is 0 Å². The minimum absolute atomic E-state index is 0.0268. The number of ether oxygens (including phenoxy) is 1. The lowest BCUT2D eigenvalue weighted by molar-refractivity contribution is -0.127. The van der Waals surface area contributed by atoms with E-state index in [-0.39, 0.29) is 18.6 Å². The fourth-order valence-corrected chi connectivity index (χ4v) is 1.28. The van der Waals surface area contributed by atoms with E-state index in [1.54, 1.807) is 0 Å². The third kappa shape index (κ3) is 11.6. The molecule has 15 heavy (non-hydrogen) atoms. The van der Waals surface area contributed by atoms with Gasteiger partial charge in [-0.1, -0.05) is 12.8 Å². The fourth-order valence-electron chi connectivity index (χ4n) is 1.09. The van der Waals surface area contributed by atoms with E-state index in [2.05, 4.69) is 5.32 Å². The molecule has 0 aromatic carbocycles. The smallest absolute Gasteiger partial charge is 0.246 e. The van der Waals surface area contributed by atoms with Gasteiger partial charge in [0, 0.05) is 12.4 Å². The third-order valence-corrected chi connectivity index (χ3v) is 2.20. The summed E-state index contributed by atoms with van der Waals surface area (Å²) in [7, 11) is 0. The molecule has 4 heteroatoms. The molecule has 1 amide bonds. The van der Waals surface area contributed by atoms with Crippen LogP contribution in [0.15, 0.2) is 0 Å². The predicted molar refractivity (Wildman–Crippen MR) is 63.3 cm³/mol. The van der Waals surface area contributed by atoms with Crippen molar-refractivity contribution in [2.75, 3.05) is 19.0 Å². The van der Waals surface area contributed by atoms with Crippen molar-refractivity contribution in [2.45, 2.75) is 45.6 Å². The molecule has 0 aliphatic carbocycles. The molecular formula is C11H22ClNO2. The average molecular weight is 236 g/mol. The highest BCUT2D eigenvalue weighted by atomic mass is 35.5. The molecule has 0 bridgehead atoms. The fraction of sp³-hybridized carbons (Fsp3) is 0.909. The van der Waals surface area contributed by atoms with Crippen LogP contribution >= 0.6 is 11.6 Å². The van der Waals surface area contributed by atoms with Crippen molar-refractivity contribution < 1.29 is 9.53 Å². The summed E-state index contributed by atoms with van der Waals surface area (Å²) in [6.45, 7) is 4.74. The summed E-state index contributed by atoms with van der Waals surface area (Å²) in [4.78, 5) is 11.2. The van der Waals surface area contributed by atoms with Gasteiger partial charge in [0.2, 0.25) is 5.91 Å². The Morgan fingerprint density at radius 3 is 2.53 bits per heavy atom. The van der Waals surface area contributed by atoms with Gasteiger partial charge in [0.25, 0.3) is 0 Å². The molecule has 0 aliphatic heterocycles. The Morgan fingerprint density at radius 2 is 1.93 bits per heavy atom. The van der Waals surface area contributed by atoms with Crippen molar-refractivity contribution in [3.8, 4) is 0 Å². The summed E-state index contributed by atoms with van der Waals surface area (Å²) in [5, 5.41) is 2.82. The van der Waals surface area contributed by atoms with E-state index in [1.165, 1.54) is 0 Å². The summed E-state index contributed by atoms with van der Waals surface area (Å²) < 4.78 is 5.17. The average Bonchev–Trinajstić information content (AvgIpc) is 2.20. The van der Waals surface area contributed by atoms with Gasteiger partial charge in [-0.25, -0.2) is 0 Å². The lowest BCUT2D eigenvalue weighted by Crippen LogP contribution is -2.29. The minimum atomic E-state index is -0.0268. The summed E-state index contributed by atoms with van der Waals surface area (Å²) in [5.74, 6) is 0.704. The summed E-state index contributed by atoms with van der Waals surface area (Å²) in [6.07, 6.45) is 4.45. The quantitative estimate of drug-likeness (QED) is 0.492. The number of halogens is 1. The zero-order valence-electron chi connectivity index (χ0n) is 9.72. The minimum Gasteiger partial charge on any atom is -0.369 e. The Balaban J connectivity index is 3.17. The highest BCUT2D eigenvalue weighted by Gasteiger charge is 2.01. The largest absolute Gasteiger partial charge is 0.369 e. The van der Waals surface area contributed by atoms with Crippen LogP contribution in [0.3, 0.4) is 0 Å². The molecule has 0 saturated heterocycles. The Morgan fingerprint density at radius 1 is 1.27 bits per heavy atom. The molecule has 0 aromatic rings. The van der Waals surface area contributed by atoms with Crippen LogP contribution in [-0.4, -0.2) is 31.0 Å². The molecular weight excluding hydrogens is 214 g/mol. The van der Waals surface area contributed by atoms with Gasteiger partial charge in [-0.05, 0) is 26.7 Å². The van der Waals surface area contributed by atoms with E-state index in [0.717, 1.165) is 38.1 Å². The van der Waals surface area contributed by atoms with E-state index in [9.17, 15) is 4.79 Å². The van der Waals surface area contributed by atoms with Crippen LogP contribution in [0.5, 0.6) is 0 Å². The number of carbonyl (C=O) groups excluding carboxylic acids is 1. The normalized spacial score (nSPS) is 10.7. The van der Waals surface area contributed by atoms with Crippen LogP contribution in [-0.2, 0) is 9.53 Å². The zero-order valence-corrected chi connectivity index (χ0v) is 10.5. The number of rotatable bonds is 9. The van der Waals surface area contributed by atoms with Crippen molar-refractivity contribution in [1.29, 1.82) is 0 Å². The first kappa shape index (κ1) is 14.7. The number of hydrogen-bond donors (Lipinski definition) is 1. The maximum atomic E-state index is 11.2. The molecule has 0 aliphatic rings. The van der Waals surface area contributed by atoms with Gasteiger partial charge in [0.1, 0.15) is 6.61 Å². The number of alkyl halides is 1. The zero-order chi connectivity index (χ0) is 11.5. The molecule has 0 heterocycles. The van der Waals surface area contributed by atoms with E-state index >= 15 is 0 Å². The van der Waals surface area contributed by atoms with Crippen molar-refractivity contribution in [3.05, 3.63) is 0 Å². The SMILES string of the molecule is CC(C)OCC(=O)NCCCCCCCl. The first-order chi connectivity index (χ1) is 7.16. The standard InChI is InChI=1S/C11H22ClNO2/c1-10(2)15-9-11(14)13-8-6-4-3-5-7-12/h10H,3-9H2,1-2H3,(H,13,14). The first-order valence-corrected chi connectivity index (χ1v) is 6.14. The van der Waals surface area contributed by atoms with Crippen molar-refractivity contribution in [1.82, 2.24) is 5.32 Å². The van der Waals surface area contributed by atoms with Crippen LogP contribution in [0.25, 0.3) is 0 Å². The van der Waals surface area contributed by atoms with Crippen molar-refractivity contribution >= 4 is 17.5 Å². The molecule has 0 atom stereocenters. The Kier molecular flexibility index (Phi) is 10.1. The van der Waals surface area contributed by atoms with Gasteiger partial charge in [0.15, 0.2) is 0 Å². The van der Waals surface area contributed by atoms with E-state index in [1.807, 2.05) is 13.8 Å². The van der Waals surface area contributed by atoms with Crippen molar-refractivity contribution in [2.24, 2.45) is 0 Å². The molecule has 0 fully saturated rings. The number of carbonyl (C=O) groups is 1. The van der Waals surface area contributed by atoms with E-state index in [4.69, 9.17) is 16.3 Å². The summed E-state index contributed by atoms with van der Waals surface area (Å²) >= 11 is 5.55. The molecule has 0 rings (SSSR count). The highest BCUT2D eigenvalue weighted by molar-refractivity contribution is 6.17. The molecule has 0 aromatic heterocycles. The summed E-state index contributed by atoms with van der Waals surface area (Å²) in [6, 6.07) is 0. The van der Waals surface area contributed by atoms with Gasteiger partial charge < -0.3 is 10.1 Å². The molecule has 0 saturated carbocycles. The first-order valence-electron chi connectivity index (χ1n) is 5.61.